The fourth-order valence-electron chi connectivity index (χ4n) is 1.82. The van der Waals surface area contributed by atoms with Crippen LogP contribution in [0, 0.1) is 0 Å². The molecule has 120 valence electrons. The van der Waals surface area contributed by atoms with Gasteiger partial charge in [0.1, 0.15) is 0 Å². The van der Waals surface area contributed by atoms with Gasteiger partial charge in [-0.3, -0.25) is 4.79 Å². The highest BCUT2D eigenvalue weighted by molar-refractivity contribution is 6.30. The molecule has 2 aromatic rings. The third-order valence-electron chi connectivity index (χ3n) is 3.00. The Morgan fingerprint density at radius 1 is 1.26 bits per heavy atom. The lowest BCUT2D eigenvalue weighted by Gasteiger charge is -2.14. The molecular weight excluding hydrogens is 320 g/mol. The van der Waals surface area contributed by atoms with Crippen molar-refractivity contribution in [3.05, 3.63) is 52.9 Å². The van der Waals surface area contributed by atoms with E-state index in [1.807, 2.05) is 6.92 Å². The molecule has 0 radical (unpaired) electrons. The number of nitrogen functional groups attached to an aromatic ring is 1. The van der Waals surface area contributed by atoms with Gasteiger partial charge in [-0.05, 0) is 24.6 Å². The standard InChI is InChI=1S/C15H15ClN4O3/c1-9(10-2-4-11(16)5-3-10)20-12(21)8-23-15(22)13-14(17)19-7-6-18-13/h2-7,9H,8H2,1H3,(H2,17,19)(H,20,21). The molecule has 1 amide bonds. The van der Waals surface area contributed by atoms with E-state index in [1.165, 1.54) is 12.4 Å². The zero-order valence-electron chi connectivity index (χ0n) is 12.3. The average molecular weight is 335 g/mol. The van der Waals surface area contributed by atoms with Gasteiger partial charge in [-0.2, -0.15) is 0 Å². The predicted octanol–water partition coefficient (Wildman–Crippen LogP) is 1.75. The number of esters is 1. The first-order valence-corrected chi connectivity index (χ1v) is 7.13. The van der Waals surface area contributed by atoms with Gasteiger partial charge in [0.25, 0.3) is 5.91 Å². The van der Waals surface area contributed by atoms with E-state index >= 15 is 0 Å². The van der Waals surface area contributed by atoms with Crippen LogP contribution in [0.25, 0.3) is 0 Å². The van der Waals surface area contributed by atoms with Gasteiger partial charge in [0, 0.05) is 17.4 Å². The Balaban J connectivity index is 1.86. The van der Waals surface area contributed by atoms with E-state index in [0.29, 0.717) is 5.02 Å². The van der Waals surface area contributed by atoms with Crippen molar-refractivity contribution in [1.82, 2.24) is 15.3 Å². The molecule has 0 saturated heterocycles. The van der Waals surface area contributed by atoms with E-state index < -0.39 is 18.5 Å². The molecule has 0 saturated carbocycles. The van der Waals surface area contributed by atoms with Crippen LogP contribution in [0.5, 0.6) is 0 Å². The number of nitrogens with two attached hydrogens (primary N) is 1. The lowest BCUT2D eigenvalue weighted by Crippen LogP contribution is -2.31. The van der Waals surface area contributed by atoms with Crippen LogP contribution in [0.3, 0.4) is 0 Å². The van der Waals surface area contributed by atoms with Crippen LogP contribution in [0.1, 0.15) is 29.0 Å². The van der Waals surface area contributed by atoms with Gasteiger partial charge >= 0.3 is 5.97 Å². The van der Waals surface area contributed by atoms with Gasteiger partial charge in [0.15, 0.2) is 18.1 Å². The number of hydrogen-bond acceptors (Lipinski definition) is 6. The Morgan fingerprint density at radius 3 is 2.57 bits per heavy atom. The summed E-state index contributed by atoms with van der Waals surface area (Å²) in [6.07, 6.45) is 2.67. The number of aromatic nitrogens is 2. The highest BCUT2D eigenvalue weighted by Crippen LogP contribution is 2.15. The summed E-state index contributed by atoms with van der Waals surface area (Å²) in [5.41, 5.74) is 6.27. The zero-order chi connectivity index (χ0) is 16.8. The van der Waals surface area contributed by atoms with Gasteiger partial charge in [-0.15, -0.1) is 0 Å². The molecule has 8 heteroatoms. The first-order chi connectivity index (χ1) is 11.0. The van der Waals surface area contributed by atoms with Crippen molar-refractivity contribution in [1.29, 1.82) is 0 Å². The minimum atomic E-state index is -0.801. The second kappa shape index (κ2) is 7.55. The number of rotatable bonds is 5. The van der Waals surface area contributed by atoms with Crippen molar-refractivity contribution in [3.8, 4) is 0 Å². The summed E-state index contributed by atoms with van der Waals surface area (Å²) in [5.74, 6) is -1.29. The molecule has 1 aromatic carbocycles. The summed E-state index contributed by atoms with van der Waals surface area (Å²) in [6.45, 7) is 1.37. The number of carbonyl (C=O) groups is 2. The van der Waals surface area contributed by atoms with Crippen LogP contribution >= 0.6 is 11.6 Å². The van der Waals surface area contributed by atoms with E-state index in [-0.39, 0.29) is 17.6 Å². The molecular formula is C15H15ClN4O3. The number of halogens is 1. The smallest absolute Gasteiger partial charge is 0.361 e. The summed E-state index contributed by atoms with van der Waals surface area (Å²) in [7, 11) is 0. The first-order valence-electron chi connectivity index (χ1n) is 6.76. The van der Waals surface area contributed by atoms with Gasteiger partial charge in [-0.1, -0.05) is 23.7 Å². The largest absolute Gasteiger partial charge is 0.451 e. The van der Waals surface area contributed by atoms with Crippen molar-refractivity contribution < 1.29 is 14.3 Å². The molecule has 1 aromatic heterocycles. The molecule has 1 heterocycles. The second-order valence-corrected chi connectivity index (χ2v) is 5.14. The van der Waals surface area contributed by atoms with E-state index in [9.17, 15) is 9.59 Å². The molecule has 1 unspecified atom stereocenters. The number of nitrogens with one attached hydrogen (secondary N) is 1. The van der Waals surface area contributed by atoms with Crippen molar-refractivity contribution in [3.63, 3.8) is 0 Å². The maximum absolute atomic E-state index is 11.8. The number of ether oxygens (including phenoxy) is 1. The fraction of sp³-hybridized carbons (Fsp3) is 0.200. The van der Waals surface area contributed by atoms with Gasteiger partial charge in [-0.25, -0.2) is 14.8 Å². The van der Waals surface area contributed by atoms with Crippen molar-refractivity contribution >= 4 is 29.3 Å². The lowest BCUT2D eigenvalue weighted by molar-refractivity contribution is -0.124. The SMILES string of the molecule is CC(NC(=O)COC(=O)c1nccnc1N)c1ccc(Cl)cc1. The Bertz CT molecular complexity index is 706. The Kier molecular flexibility index (Phi) is 5.48. The monoisotopic (exact) mass is 334 g/mol. The predicted molar refractivity (Wildman–Crippen MR) is 84.7 cm³/mol. The number of benzene rings is 1. The van der Waals surface area contributed by atoms with Crippen LogP contribution < -0.4 is 11.1 Å². The number of hydrogen-bond donors (Lipinski definition) is 2. The average Bonchev–Trinajstić information content (AvgIpc) is 2.53. The van der Waals surface area contributed by atoms with Crippen molar-refractivity contribution in [2.24, 2.45) is 0 Å². The summed E-state index contributed by atoms with van der Waals surface area (Å²) in [6, 6.07) is 6.83. The van der Waals surface area contributed by atoms with E-state index in [0.717, 1.165) is 5.56 Å². The summed E-state index contributed by atoms with van der Waals surface area (Å²) in [4.78, 5) is 31.1. The molecule has 0 spiro atoms. The second-order valence-electron chi connectivity index (χ2n) is 4.71. The highest BCUT2D eigenvalue weighted by Gasteiger charge is 2.16. The van der Waals surface area contributed by atoms with Gasteiger partial charge < -0.3 is 15.8 Å². The van der Waals surface area contributed by atoms with Gasteiger partial charge in [0.2, 0.25) is 0 Å². The lowest BCUT2D eigenvalue weighted by atomic mass is 10.1. The Morgan fingerprint density at radius 2 is 1.91 bits per heavy atom. The number of amides is 1. The quantitative estimate of drug-likeness (QED) is 0.806. The summed E-state index contributed by atoms with van der Waals surface area (Å²) in [5, 5.41) is 3.32. The Labute approximate surface area is 137 Å². The molecule has 0 fully saturated rings. The number of anilines is 1. The number of nitrogens with zero attached hydrogens (tertiary/aromatic N) is 2. The first kappa shape index (κ1) is 16.7. The molecule has 23 heavy (non-hydrogen) atoms. The molecule has 0 aliphatic carbocycles. The van der Waals surface area contributed by atoms with Crippen molar-refractivity contribution in [2.45, 2.75) is 13.0 Å². The van der Waals surface area contributed by atoms with Crippen LogP contribution in [-0.4, -0.2) is 28.5 Å². The molecule has 7 nitrogen and oxygen atoms in total. The normalized spacial score (nSPS) is 11.6. The van der Waals surface area contributed by atoms with E-state index in [2.05, 4.69) is 15.3 Å². The maximum atomic E-state index is 11.8. The summed E-state index contributed by atoms with van der Waals surface area (Å²) < 4.78 is 4.87. The zero-order valence-corrected chi connectivity index (χ0v) is 13.1. The maximum Gasteiger partial charge on any atom is 0.361 e. The molecule has 1 atom stereocenters. The summed E-state index contributed by atoms with van der Waals surface area (Å²) >= 11 is 5.81. The fourth-order valence-corrected chi connectivity index (χ4v) is 1.95. The topological polar surface area (TPSA) is 107 Å². The third kappa shape index (κ3) is 4.65. The minimum absolute atomic E-state index is 0.0487. The van der Waals surface area contributed by atoms with Crippen LogP contribution in [0.4, 0.5) is 5.82 Å². The molecule has 0 aliphatic heterocycles. The number of carbonyl (C=O) groups excluding carboxylic acids is 2. The van der Waals surface area contributed by atoms with Crippen LogP contribution in [-0.2, 0) is 9.53 Å². The van der Waals surface area contributed by atoms with E-state index in [1.54, 1.807) is 24.3 Å². The molecule has 3 N–H and O–H groups in total. The molecule has 0 aliphatic rings. The van der Waals surface area contributed by atoms with E-state index in [4.69, 9.17) is 22.1 Å². The Hall–Kier alpha value is -2.67. The minimum Gasteiger partial charge on any atom is -0.451 e. The highest BCUT2D eigenvalue weighted by atomic mass is 35.5. The van der Waals surface area contributed by atoms with Crippen molar-refractivity contribution in [2.75, 3.05) is 12.3 Å². The van der Waals surface area contributed by atoms with Crippen LogP contribution in [0.15, 0.2) is 36.7 Å². The molecule has 2 rings (SSSR count). The molecule has 0 bridgehead atoms. The van der Waals surface area contributed by atoms with Crippen LogP contribution in [0.2, 0.25) is 5.02 Å². The third-order valence-corrected chi connectivity index (χ3v) is 3.25. The van der Waals surface area contributed by atoms with Gasteiger partial charge in [0.05, 0.1) is 6.04 Å².